The first kappa shape index (κ1) is 32.6. The highest BCUT2D eigenvalue weighted by molar-refractivity contribution is 5.93. The number of nitrogens with one attached hydrogen (secondary N) is 2. The number of ketones is 1. The van der Waals surface area contributed by atoms with Gasteiger partial charge in [0.15, 0.2) is 5.78 Å². The minimum absolute atomic E-state index is 0.00378. The van der Waals surface area contributed by atoms with Gasteiger partial charge in [-0.25, -0.2) is 4.79 Å². The summed E-state index contributed by atoms with van der Waals surface area (Å²) in [6.07, 6.45) is -4.87. The number of amides is 2. The number of aliphatic carboxylic acids is 1. The Labute approximate surface area is 242 Å². The van der Waals surface area contributed by atoms with E-state index in [-0.39, 0.29) is 25.1 Å². The molecule has 1 aliphatic rings. The number of carboxylic acid groups (broad SMARTS) is 1. The molecule has 3 rings (SSSR count). The lowest BCUT2D eigenvalue weighted by atomic mass is 10.0. The van der Waals surface area contributed by atoms with Crippen LogP contribution in [0.3, 0.4) is 0 Å². The summed E-state index contributed by atoms with van der Waals surface area (Å²) in [4.78, 5) is 52.7. The fourth-order valence-electron chi connectivity index (χ4n) is 4.77. The maximum Gasteiger partial charge on any atom is 0.326 e. The van der Waals surface area contributed by atoms with Crippen LogP contribution in [-0.2, 0) is 32.0 Å². The molecule has 6 atom stereocenters. The van der Waals surface area contributed by atoms with Gasteiger partial charge in [0, 0.05) is 13.0 Å². The van der Waals surface area contributed by atoms with E-state index in [2.05, 4.69) is 10.6 Å². The van der Waals surface area contributed by atoms with Crippen molar-refractivity contribution in [1.82, 2.24) is 15.5 Å². The lowest BCUT2D eigenvalue weighted by Gasteiger charge is -2.30. The third-order valence-electron chi connectivity index (χ3n) is 7.17. The van der Waals surface area contributed by atoms with Crippen LogP contribution in [0.5, 0.6) is 5.75 Å². The molecule has 1 heterocycles. The van der Waals surface area contributed by atoms with E-state index >= 15 is 0 Å². The summed E-state index contributed by atoms with van der Waals surface area (Å²) in [6.45, 7) is -1.26. The SMILES string of the molecule is O=C(O)[C@H](Cc1ccccc1)NC(=O)[C@@H]1CCCN1C(=O)[C@H](Cc1ccc(O)cc1)NCC(=O)[C@@H](O)[C@H](O)[C@H](O)CO. The third kappa shape index (κ3) is 8.81. The number of aliphatic hydroxyl groups is 4. The van der Waals surface area contributed by atoms with Crippen LogP contribution in [0.2, 0.25) is 0 Å². The molecule has 1 aliphatic heterocycles. The number of Topliss-reactive ketones (excluding diaryl/α,β-unsaturated/α-hetero) is 1. The zero-order valence-electron chi connectivity index (χ0n) is 22.9. The van der Waals surface area contributed by atoms with E-state index in [9.17, 15) is 44.7 Å². The number of hydrogen-bond donors (Lipinski definition) is 8. The number of likely N-dealkylation sites (tertiary alicyclic amines) is 1. The number of aliphatic hydroxyl groups excluding tert-OH is 4. The molecule has 1 saturated heterocycles. The fraction of sp³-hybridized carbons (Fsp3) is 0.448. The Morgan fingerprint density at radius 2 is 1.52 bits per heavy atom. The highest BCUT2D eigenvalue weighted by Gasteiger charge is 2.39. The number of carbonyl (C=O) groups excluding carboxylic acids is 3. The van der Waals surface area contributed by atoms with Gasteiger partial charge in [0.05, 0.1) is 19.2 Å². The van der Waals surface area contributed by atoms with Gasteiger partial charge in [-0.15, -0.1) is 0 Å². The number of aromatic hydroxyl groups is 1. The maximum absolute atomic E-state index is 13.7. The van der Waals surface area contributed by atoms with Gasteiger partial charge in [-0.05, 0) is 42.5 Å². The van der Waals surface area contributed by atoms with Crippen molar-refractivity contribution in [2.45, 2.75) is 62.1 Å². The number of phenols is 1. The van der Waals surface area contributed by atoms with E-state index in [1.807, 2.05) is 0 Å². The molecule has 8 N–H and O–H groups in total. The monoisotopic (exact) mass is 587 g/mol. The predicted octanol–water partition coefficient (Wildman–Crippen LogP) is -1.66. The standard InChI is InChI=1S/C29H37N3O10/c33-16-24(36)26(38)25(37)23(35)15-30-20(13-18-8-10-19(34)11-9-18)28(40)32-12-4-7-22(32)27(39)31-21(29(41)42)14-17-5-2-1-3-6-17/h1-3,5-6,8-11,20-22,24-26,30,33-34,36-38H,4,7,12-16H2,(H,31,39)(H,41,42)/t20-,21-,22-,24+,25+,26+/m0/s1. The lowest BCUT2D eigenvalue weighted by molar-refractivity contribution is -0.144. The number of nitrogens with zero attached hydrogens (tertiary/aromatic N) is 1. The first-order valence-electron chi connectivity index (χ1n) is 13.6. The van der Waals surface area contributed by atoms with Crippen LogP contribution < -0.4 is 10.6 Å². The molecule has 0 bridgehead atoms. The molecule has 2 aromatic carbocycles. The molecule has 0 aliphatic carbocycles. The van der Waals surface area contributed by atoms with Crippen LogP contribution in [0, 0.1) is 0 Å². The first-order chi connectivity index (χ1) is 20.0. The van der Waals surface area contributed by atoms with E-state index in [1.54, 1.807) is 42.5 Å². The van der Waals surface area contributed by atoms with Gasteiger partial charge in [0.25, 0.3) is 0 Å². The summed E-state index contributed by atoms with van der Waals surface area (Å²) in [6, 6.07) is 11.5. The number of rotatable bonds is 15. The summed E-state index contributed by atoms with van der Waals surface area (Å²) < 4.78 is 0. The van der Waals surface area contributed by atoms with Gasteiger partial charge in [0.2, 0.25) is 11.8 Å². The van der Waals surface area contributed by atoms with Crippen LogP contribution in [0.15, 0.2) is 54.6 Å². The van der Waals surface area contributed by atoms with Crippen molar-refractivity contribution >= 4 is 23.6 Å². The summed E-state index contributed by atoms with van der Waals surface area (Å²) in [5.74, 6) is -3.34. The lowest BCUT2D eigenvalue weighted by Crippen LogP contribution is -2.56. The van der Waals surface area contributed by atoms with Crippen molar-refractivity contribution in [3.05, 3.63) is 65.7 Å². The Morgan fingerprint density at radius 3 is 2.14 bits per heavy atom. The summed E-state index contributed by atoms with van der Waals surface area (Å²) >= 11 is 0. The number of phenolic OH excluding ortho intramolecular Hbond substituents is 1. The average Bonchev–Trinajstić information content (AvgIpc) is 3.49. The average molecular weight is 588 g/mol. The second kappa shape index (κ2) is 15.4. The van der Waals surface area contributed by atoms with E-state index in [4.69, 9.17) is 5.11 Å². The highest BCUT2D eigenvalue weighted by Crippen LogP contribution is 2.21. The Morgan fingerprint density at radius 1 is 0.905 bits per heavy atom. The van der Waals surface area contributed by atoms with Crippen molar-refractivity contribution in [1.29, 1.82) is 0 Å². The summed E-state index contributed by atoms with van der Waals surface area (Å²) in [5, 5.41) is 63.1. The summed E-state index contributed by atoms with van der Waals surface area (Å²) in [5.41, 5.74) is 1.32. The molecule has 0 spiro atoms. The smallest absolute Gasteiger partial charge is 0.326 e. The molecule has 0 aromatic heterocycles. The first-order valence-corrected chi connectivity index (χ1v) is 13.6. The van der Waals surface area contributed by atoms with Crippen LogP contribution in [0.4, 0.5) is 0 Å². The van der Waals surface area contributed by atoms with Crippen molar-refractivity contribution in [2.75, 3.05) is 19.7 Å². The Hall–Kier alpha value is -3.88. The molecule has 2 aromatic rings. The Bertz CT molecular complexity index is 1210. The van der Waals surface area contributed by atoms with Crippen molar-refractivity contribution in [3.8, 4) is 5.75 Å². The van der Waals surface area contributed by atoms with Gasteiger partial charge in [-0.3, -0.25) is 19.7 Å². The maximum atomic E-state index is 13.7. The molecular weight excluding hydrogens is 550 g/mol. The van der Waals surface area contributed by atoms with Gasteiger partial charge in [-0.2, -0.15) is 0 Å². The van der Waals surface area contributed by atoms with Crippen LogP contribution in [0.25, 0.3) is 0 Å². The number of hydrogen-bond acceptors (Lipinski definition) is 10. The quantitative estimate of drug-likeness (QED) is 0.118. The molecule has 13 heteroatoms. The zero-order valence-corrected chi connectivity index (χ0v) is 22.9. The van der Waals surface area contributed by atoms with Crippen LogP contribution in [0.1, 0.15) is 24.0 Å². The fourth-order valence-corrected chi connectivity index (χ4v) is 4.77. The van der Waals surface area contributed by atoms with E-state index in [0.717, 1.165) is 0 Å². The topological polar surface area (TPSA) is 217 Å². The largest absolute Gasteiger partial charge is 0.508 e. The molecule has 228 valence electrons. The van der Waals surface area contributed by atoms with E-state index < -0.39 is 73.2 Å². The molecule has 42 heavy (non-hydrogen) atoms. The normalized spacial score (nSPS) is 18.5. The van der Waals surface area contributed by atoms with Gasteiger partial charge in [-0.1, -0.05) is 42.5 Å². The highest BCUT2D eigenvalue weighted by atomic mass is 16.4. The van der Waals surface area contributed by atoms with Crippen molar-refractivity contribution in [3.63, 3.8) is 0 Å². The predicted molar refractivity (Wildman–Crippen MR) is 148 cm³/mol. The number of carboxylic acids is 1. The van der Waals surface area contributed by atoms with Gasteiger partial charge in [0.1, 0.15) is 36.1 Å². The molecule has 13 nitrogen and oxygen atoms in total. The second-order valence-electron chi connectivity index (χ2n) is 10.2. The van der Waals surface area contributed by atoms with Crippen molar-refractivity contribution < 1.29 is 49.8 Å². The van der Waals surface area contributed by atoms with Gasteiger partial charge >= 0.3 is 5.97 Å². The third-order valence-corrected chi connectivity index (χ3v) is 7.17. The minimum atomic E-state index is -2.04. The van der Waals surface area contributed by atoms with Crippen molar-refractivity contribution in [2.24, 2.45) is 0 Å². The molecule has 2 amide bonds. The van der Waals surface area contributed by atoms with Crippen LogP contribution in [-0.4, -0.2) is 115 Å². The zero-order chi connectivity index (χ0) is 30.8. The molecule has 1 fully saturated rings. The number of carbonyl (C=O) groups is 4. The molecular formula is C29H37N3O10. The minimum Gasteiger partial charge on any atom is -0.508 e. The molecule has 0 unspecified atom stereocenters. The summed E-state index contributed by atoms with van der Waals surface area (Å²) in [7, 11) is 0. The Kier molecular flexibility index (Phi) is 11.9. The Balaban J connectivity index is 1.74. The van der Waals surface area contributed by atoms with Gasteiger partial charge < -0.3 is 40.9 Å². The van der Waals surface area contributed by atoms with E-state index in [1.165, 1.54) is 17.0 Å². The molecule has 0 radical (unpaired) electrons. The van der Waals surface area contributed by atoms with E-state index in [0.29, 0.717) is 24.0 Å². The number of benzene rings is 2. The van der Waals surface area contributed by atoms with Crippen LogP contribution >= 0.6 is 0 Å². The second-order valence-corrected chi connectivity index (χ2v) is 10.2. The molecule has 0 saturated carbocycles.